The van der Waals surface area contributed by atoms with Crippen molar-refractivity contribution in [2.45, 2.75) is 19.4 Å². The van der Waals surface area contributed by atoms with Crippen molar-refractivity contribution in [2.75, 3.05) is 5.73 Å². The Kier molecular flexibility index (Phi) is 3.17. The molecule has 4 nitrogen and oxygen atoms in total. The van der Waals surface area contributed by atoms with Gasteiger partial charge in [-0.25, -0.2) is 9.97 Å². The molecule has 3 N–H and O–H groups in total. The fourth-order valence-corrected chi connectivity index (χ4v) is 2.13. The molecule has 2 rings (SSSR count). The number of aliphatic hydroxyl groups excluding tert-OH is 1. The molecule has 0 radical (unpaired) electrons. The van der Waals surface area contributed by atoms with Crippen LogP contribution in [-0.2, 0) is 6.42 Å². The smallest absolute Gasteiger partial charge is 0.126 e. The third-order valence-corrected chi connectivity index (χ3v) is 3.11. The minimum absolute atomic E-state index is 0.447. The summed E-state index contributed by atoms with van der Waals surface area (Å²) < 4.78 is 0. The fourth-order valence-electron chi connectivity index (χ4n) is 1.47. The number of hydrogen-bond donors (Lipinski definition) is 2. The van der Waals surface area contributed by atoms with Gasteiger partial charge in [-0.15, -0.1) is 11.3 Å². The maximum Gasteiger partial charge on any atom is 0.126 e. The van der Waals surface area contributed by atoms with Gasteiger partial charge in [-0.05, 0) is 18.6 Å². The van der Waals surface area contributed by atoms with Gasteiger partial charge >= 0.3 is 0 Å². The number of pyridine rings is 1. The lowest BCUT2D eigenvalue weighted by molar-refractivity contribution is 0.174. The second kappa shape index (κ2) is 4.59. The highest BCUT2D eigenvalue weighted by molar-refractivity contribution is 7.09. The summed E-state index contributed by atoms with van der Waals surface area (Å²) in [6, 6.07) is 3.68. The van der Waals surface area contributed by atoms with E-state index in [4.69, 9.17) is 5.73 Å². The Morgan fingerprint density at radius 2 is 2.38 bits per heavy atom. The first-order valence-corrected chi connectivity index (χ1v) is 5.84. The normalized spacial score (nSPS) is 12.6. The molecule has 0 aliphatic heterocycles. The molecular weight excluding hydrogens is 222 g/mol. The Balaban J connectivity index is 2.13. The number of nitrogens with two attached hydrogens (primary N) is 1. The van der Waals surface area contributed by atoms with Crippen molar-refractivity contribution in [3.8, 4) is 0 Å². The average Bonchev–Trinajstić information content (AvgIpc) is 2.68. The van der Waals surface area contributed by atoms with Crippen LogP contribution >= 0.6 is 11.3 Å². The van der Waals surface area contributed by atoms with Gasteiger partial charge in [0.05, 0.1) is 10.7 Å². The Hall–Kier alpha value is -1.46. The van der Waals surface area contributed by atoms with Crippen LogP contribution in [0.5, 0.6) is 0 Å². The largest absolute Gasteiger partial charge is 0.386 e. The number of aromatic nitrogens is 2. The van der Waals surface area contributed by atoms with E-state index >= 15 is 0 Å². The summed E-state index contributed by atoms with van der Waals surface area (Å²) in [6.45, 7) is 1.92. The molecule has 2 aromatic heterocycles. The molecule has 0 spiro atoms. The third-order valence-electron chi connectivity index (χ3n) is 2.32. The van der Waals surface area contributed by atoms with Crippen LogP contribution in [0.3, 0.4) is 0 Å². The molecule has 0 aromatic carbocycles. The van der Waals surface area contributed by atoms with E-state index in [1.54, 1.807) is 6.20 Å². The first kappa shape index (κ1) is 11.0. The number of aliphatic hydroxyl groups is 1. The molecule has 5 heteroatoms. The minimum Gasteiger partial charge on any atom is -0.386 e. The van der Waals surface area contributed by atoms with E-state index in [0.717, 1.165) is 10.6 Å². The summed E-state index contributed by atoms with van der Waals surface area (Å²) >= 11 is 1.53. The lowest BCUT2D eigenvalue weighted by atomic mass is 10.1. The summed E-state index contributed by atoms with van der Waals surface area (Å²) in [6.07, 6.45) is 1.47. The number of hydrogen-bond acceptors (Lipinski definition) is 5. The predicted octanol–water partition coefficient (Wildman–Crippen LogP) is 1.70. The van der Waals surface area contributed by atoms with Gasteiger partial charge in [0.25, 0.3) is 0 Å². The predicted molar refractivity (Wildman–Crippen MR) is 64.2 cm³/mol. The van der Waals surface area contributed by atoms with Crippen molar-refractivity contribution in [1.29, 1.82) is 0 Å². The molecule has 16 heavy (non-hydrogen) atoms. The van der Waals surface area contributed by atoms with Crippen molar-refractivity contribution < 1.29 is 5.11 Å². The van der Waals surface area contributed by atoms with Gasteiger partial charge in [-0.1, -0.05) is 6.07 Å². The molecule has 1 atom stereocenters. The molecule has 0 saturated carbocycles. The van der Waals surface area contributed by atoms with Crippen LogP contribution in [0.2, 0.25) is 0 Å². The fraction of sp³-hybridized carbons (Fsp3) is 0.273. The molecule has 0 bridgehead atoms. The number of aryl methyl sites for hydroxylation is 1. The summed E-state index contributed by atoms with van der Waals surface area (Å²) in [5.74, 6) is 0.466. The molecule has 0 amide bonds. The van der Waals surface area contributed by atoms with Crippen LogP contribution in [0.4, 0.5) is 5.82 Å². The van der Waals surface area contributed by atoms with Crippen LogP contribution in [-0.4, -0.2) is 15.1 Å². The van der Waals surface area contributed by atoms with E-state index in [2.05, 4.69) is 9.97 Å². The van der Waals surface area contributed by atoms with Crippen molar-refractivity contribution in [2.24, 2.45) is 0 Å². The molecule has 0 fully saturated rings. The van der Waals surface area contributed by atoms with Crippen LogP contribution in [0, 0.1) is 6.92 Å². The Morgan fingerprint density at radius 3 is 3.00 bits per heavy atom. The zero-order valence-corrected chi connectivity index (χ0v) is 9.74. The zero-order chi connectivity index (χ0) is 11.5. The van der Waals surface area contributed by atoms with Crippen molar-refractivity contribution in [1.82, 2.24) is 9.97 Å². The SMILES string of the molecule is Cc1nc(C(O)Cc2cccnc2N)cs1. The molecule has 2 aromatic rings. The van der Waals surface area contributed by atoms with Crippen molar-refractivity contribution in [3.63, 3.8) is 0 Å². The lowest BCUT2D eigenvalue weighted by Gasteiger charge is -2.09. The highest BCUT2D eigenvalue weighted by Gasteiger charge is 2.13. The molecule has 0 aliphatic carbocycles. The number of anilines is 1. The molecular formula is C11H13N3OS. The maximum absolute atomic E-state index is 9.97. The number of nitrogen functional groups attached to an aromatic ring is 1. The second-order valence-electron chi connectivity index (χ2n) is 3.56. The first-order valence-electron chi connectivity index (χ1n) is 4.96. The van der Waals surface area contributed by atoms with Gasteiger partial charge < -0.3 is 10.8 Å². The number of rotatable bonds is 3. The molecule has 84 valence electrons. The highest BCUT2D eigenvalue weighted by atomic mass is 32.1. The van der Waals surface area contributed by atoms with E-state index < -0.39 is 6.10 Å². The summed E-state index contributed by atoms with van der Waals surface area (Å²) in [7, 11) is 0. The number of nitrogens with zero attached hydrogens (tertiary/aromatic N) is 2. The number of thiazole rings is 1. The van der Waals surface area contributed by atoms with Gasteiger partial charge in [0, 0.05) is 18.0 Å². The van der Waals surface area contributed by atoms with Crippen LogP contribution < -0.4 is 5.73 Å². The molecule has 2 heterocycles. The third kappa shape index (κ3) is 2.37. The first-order chi connectivity index (χ1) is 7.66. The van der Waals surface area contributed by atoms with Gasteiger partial charge in [0.15, 0.2) is 0 Å². The summed E-state index contributed by atoms with van der Waals surface area (Å²) in [5.41, 5.74) is 7.26. The topological polar surface area (TPSA) is 72.0 Å². The van der Waals surface area contributed by atoms with E-state index in [1.165, 1.54) is 11.3 Å². The summed E-state index contributed by atoms with van der Waals surface area (Å²) in [5, 5.41) is 12.8. The van der Waals surface area contributed by atoms with Crippen molar-refractivity contribution in [3.05, 3.63) is 40.0 Å². The van der Waals surface area contributed by atoms with E-state index in [0.29, 0.717) is 17.9 Å². The molecule has 1 unspecified atom stereocenters. The minimum atomic E-state index is -0.614. The molecule has 0 saturated heterocycles. The second-order valence-corrected chi connectivity index (χ2v) is 4.62. The zero-order valence-electron chi connectivity index (χ0n) is 8.92. The van der Waals surface area contributed by atoms with Gasteiger partial charge in [0.2, 0.25) is 0 Å². The van der Waals surface area contributed by atoms with Crippen LogP contribution in [0.25, 0.3) is 0 Å². The van der Waals surface area contributed by atoms with Gasteiger partial charge in [-0.2, -0.15) is 0 Å². The maximum atomic E-state index is 9.97. The average molecular weight is 235 g/mol. The van der Waals surface area contributed by atoms with Crippen LogP contribution in [0.15, 0.2) is 23.7 Å². The quantitative estimate of drug-likeness (QED) is 0.849. The summed E-state index contributed by atoms with van der Waals surface area (Å²) in [4.78, 5) is 8.22. The van der Waals surface area contributed by atoms with E-state index in [9.17, 15) is 5.11 Å². The molecule has 0 aliphatic rings. The Bertz CT molecular complexity index is 484. The van der Waals surface area contributed by atoms with Crippen LogP contribution in [0.1, 0.15) is 22.4 Å². The Labute approximate surface area is 97.8 Å². The van der Waals surface area contributed by atoms with E-state index in [-0.39, 0.29) is 0 Å². The highest BCUT2D eigenvalue weighted by Crippen LogP contribution is 2.21. The standard InChI is InChI=1S/C11H13N3OS/c1-7-14-9(6-16-7)10(15)5-8-3-2-4-13-11(8)12/h2-4,6,10,15H,5H2,1H3,(H2,12,13). The lowest BCUT2D eigenvalue weighted by Crippen LogP contribution is -2.05. The van der Waals surface area contributed by atoms with Gasteiger partial charge in [0.1, 0.15) is 11.9 Å². The van der Waals surface area contributed by atoms with Gasteiger partial charge in [-0.3, -0.25) is 0 Å². The monoisotopic (exact) mass is 235 g/mol. The Morgan fingerprint density at radius 1 is 1.56 bits per heavy atom. The van der Waals surface area contributed by atoms with Crippen molar-refractivity contribution >= 4 is 17.2 Å². The van der Waals surface area contributed by atoms with E-state index in [1.807, 2.05) is 24.4 Å².